The molecule has 3 rings (SSSR count). The Kier molecular flexibility index (Phi) is 6.99. The molecule has 154 valence electrons. The van der Waals surface area contributed by atoms with Crippen molar-refractivity contribution in [2.24, 2.45) is 0 Å². The smallest absolute Gasteiger partial charge is 0.238 e. The Bertz CT molecular complexity index is 863. The first kappa shape index (κ1) is 21.0. The van der Waals surface area contributed by atoms with Crippen LogP contribution >= 0.6 is 0 Å². The molecule has 29 heavy (non-hydrogen) atoms. The maximum atomic E-state index is 12.9. The van der Waals surface area contributed by atoms with Crippen LogP contribution in [-0.2, 0) is 16.1 Å². The molecule has 2 N–H and O–H groups in total. The normalized spacial score (nSPS) is 13.4. The van der Waals surface area contributed by atoms with Gasteiger partial charge in [0.2, 0.25) is 11.8 Å². The van der Waals surface area contributed by atoms with Gasteiger partial charge >= 0.3 is 0 Å². The van der Waals surface area contributed by atoms with Gasteiger partial charge in [0, 0.05) is 31.2 Å². The summed E-state index contributed by atoms with van der Waals surface area (Å²) < 4.78 is 12.9. The lowest BCUT2D eigenvalue weighted by Gasteiger charge is -2.21. The third kappa shape index (κ3) is 6.68. The van der Waals surface area contributed by atoms with Gasteiger partial charge in [0.25, 0.3) is 0 Å². The average molecular weight is 397 g/mol. The van der Waals surface area contributed by atoms with E-state index in [-0.39, 0.29) is 24.2 Å². The van der Waals surface area contributed by atoms with Crippen molar-refractivity contribution >= 4 is 17.5 Å². The lowest BCUT2D eigenvalue weighted by atomic mass is 10.1. The number of amides is 2. The van der Waals surface area contributed by atoms with Crippen LogP contribution < -0.4 is 10.6 Å². The van der Waals surface area contributed by atoms with Crippen molar-refractivity contribution in [2.45, 2.75) is 45.7 Å². The van der Waals surface area contributed by atoms with Crippen LogP contribution in [0.15, 0.2) is 42.5 Å². The average Bonchev–Trinajstić information content (AvgIpc) is 3.53. The summed E-state index contributed by atoms with van der Waals surface area (Å²) in [5, 5.41) is 5.84. The fourth-order valence-electron chi connectivity index (χ4n) is 3.21. The number of hydrogen-bond donors (Lipinski definition) is 2. The molecule has 0 heterocycles. The number of halogens is 1. The minimum absolute atomic E-state index is 0.0580. The minimum atomic E-state index is -0.292. The van der Waals surface area contributed by atoms with Gasteiger partial charge in [0.1, 0.15) is 5.82 Å². The van der Waals surface area contributed by atoms with Crippen molar-refractivity contribution in [3.63, 3.8) is 0 Å². The predicted octanol–water partition coefficient (Wildman–Crippen LogP) is 3.55. The van der Waals surface area contributed by atoms with Crippen molar-refractivity contribution < 1.29 is 14.0 Å². The molecule has 2 aromatic rings. The number of carbonyl (C=O) groups excluding carboxylic acids is 2. The second-order valence-corrected chi connectivity index (χ2v) is 7.72. The maximum Gasteiger partial charge on any atom is 0.238 e. The standard InChI is InChI=1S/C23H28FN3O2/c1-16-3-4-17(2)21(13-16)26-23(29)15-27(20-9-10-20)12-11-22(28)25-14-18-5-7-19(24)8-6-18/h3-8,13,20H,9-12,14-15H2,1-2H3,(H,25,28)(H,26,29). The van der Waals surface area contributed by atoms with Gasteiger partial charge in [-0.15, -0.1) is 0 Å². The lowest BCUT2D eigenvalue weighted by Crippen LogP contribution is -2.37. The molecule has 0 bridgehead atoms. The Labute approximate surface area is 171 Å². The van der Waals surface area contributed by atoms with Crippen LogP contribution in [0.2, 0.25) is 0 Å². The fraction of sp³-hybridized carbons (Fsp3) is 0.391. The fourth-order valence-corrected chi connectivity index (χ4v) is 3.21. The molecule has 0 aliphatic heterocycles. The first-order chi connectivity index (χ1) is 13.9. The predicted molar refractivity (Wildman–Crippen MR) is 112 cm³/mol. The third-order valence-corrected chi connectivity index (χ3v) is 5.11. The molecule has 0 spiro atoms. The van der Waals surface area contributed by atoms with Gasteiger partial charge in [-0.25, -0.2) is 4.39 Å². The van der Waals surface area contributed by atoms with E-state index in [1.54, 1.807) is 12.1 Å². The van der Waals surface area contributed by atoms with Crippen LogP contribution in [-0.4, -0.2) is 35.8 Å². The van der Waals surface area contributed by atoms with E-state index in [2.05, 4.69) is 15.5 Å². The number of benzene rings is 2. The van der Waals surface area contributed by atoms with Gasteiger partial charge in [0.15, 0.2) is 0 Å². The number of rotatable bonds is 9. The zero-order valence-corrected chi connectivity index (χ0v) is 17.0. The first-order valence-electron chi connectivity index (χ1n) is 10.0. The molecular formula is C23H28FN3O2. The van der Waals surface area contributed by atoms with Crippen LogP contribution in [0.4, 0.5) is 10.1 Å². The van der Waals surface area contributed by atoms with Crippen molar-refractivity contribution in [2.75, 3.05) is 18.4 Å². The number of hydrogen-bond acceptors (Lipinski definition) is 3. The van der Waals surface area contributed by atoms with Crippen LogP contribution in [0.3, 0.4) is 0 Å². The Morgan fingerprint density at radius 1 is 1.07 bits per heavy atom. The maximum absolute atomic E-state index is 12.9. The second kappa shape index (κ2) is 9.65. The SMILES string of the molecule is Cc1ccc(C)c(NC(=O)CN(CCC(=O)NCc2ccc(F)cc2)C2CC2)c1. The van der Waals surface area contributed by atoms with Crippen molar-refractivity contribution in [3.05, 3.63) is 65.0 Å². The summed E-state index contributed by atoms with van der Waals surface area (Å²) >= 11 is 0. The van der Waals surface area contributed by atoms with Crippen molar-refractivity contribution in [1.29, 1.82) is 0 Å². The molecule has 0 radical (unpaired) electrons. The van der Waals surface area contributed by atoms with E-state index >= 15 is 0 Å². The molecule has 2 amide bonds. The van der Waals surface area contributed by atoms with Crippen LogP contribution in [0.25, 0.3) is 0 Å². The van der Waals surface area contributed by atoms with Crippen LogP contribution in [0.1, 0.15) is 36.0 Å². The Morgan fingerprint density at radius 2 is 1.79 bits per heavy atom. The Morgan fingerprint density at radius 3 is 2.48 bits per heavy atom. The molecule has 5 nitrogen and oxygen atoms in total. The summed E-state index contributed by atoms with van der Waals surface area (Å²) in [4.78, 5) is 26.8. The van der Waals surface area contributed by atoms with E-state index in [1.165, 1.54) is 12.1 Å². The summed E-state index contributed by atoms with van der Waals surface area (Å²) in [6.07, 6.45) is 2.45. The molecule has 2 aromatic carbocycles. The zero-order valence-electron chi connectivity index (χ0n) is 17.0. The lowest BCUT2D eigenvalue weighted by molar-refractivity contribution is -0.122. The van der Waals surface area contributed by atoms with Gasteiger partial charge in [-0.05, 0) is 61.6 Å². The quantitative estimate of drug-likeness (QED) is 0.680. The summed E-state index contributed by atoms with van der Waals surface area (Å²) in [7, 11) is 0. The molecule has 0 aromatic heterocycles. The number of nitrogens with one attached hydrogen (secondary N) is 2. The Hall–Kier alpha value is -2.73. The van der Waals surface area contributed by atoms with Crippen molar-refractivity contribution in [1.82, 2.24) is 10.2 Å². The third-order valence-electron chi connectivity index (χ3n) is 5.11. The first-order valence-corrected chi connectivity index (χ1v) is 10.0. The molecule has 0 saturated heterocycles. The van der Waals surface area contributed by atoms with Crippen molar-refractivity contribution in [3.8, 4) is 0 Å². The van der Waals surface area contributed by atoms with Gasteiger partial charge in [-0.2, -0.15) is 0 Å². The second-order valence-electron chi connectivity index (χ2n) is 7.72. The van der Waals surface area contributed by atoms with Crippen LogP contribution in [0.5, 0.6) is 0 Å². The number of aryl methyl sites for hydroxylation is 2. The molecule has 1 aliphatic carbocycles. The Balaban J connectivity index is 1.46. The van der Waals surface area contributed by atoms with E-state index in [9.17, 15) is 14.0 Å². The minimum Gasteiger partial charge on any atom is -0.352 e. The van der Waals surface area contributed by atoms with Gasteiger partial charge < -0.3 is 10.6 Å². The van der Waals surface area contributed by atoms with Gasteiger partial charge in [0.05, 0.1) is 6.54 Å². The number of anilines is 1. The van der Waals surface area contributed by atoms with E-state index in [0.717, 1.165) is 35.2 Å². The van der Waals surface area contributed by atoms with Gasteiger partial charge in [-0.1, -0.05) is 24.3 Å². The van der Waals surface area contributed by atoms with E-state index < -0.39 is 0 Å². The highest BCUT2D eigenvalue weighted by Crippen LogP contribution is 2.27. The van der Waals surface area contributed by atoms with E-state index in [1.807, 2.05) is 32.0 Å². The van der Waals surface area contributed by atoms with Gasteiger partial charge in [-0.3, -0.25) is 14.5 Å². The molecule has 1 saturated carbocycles. The highest BCUT2D eigenvalue weighted by Gasteiger charge is 2.30. The molecule has 1 aliphatic rings. The number of carbonyl (C=O) groups is 2. The molecule has 0 unspecified atom stereocenters. The monoisotopic (exact) mass is 397 g/mol. The largest absolute Gasteiger partial charge is 0.352 e. The summed E-state index contributed by atoms with van der Waals surface area (Å²) in [5.41, 5.74) is 3.82. The highest BCUT2D eigenvalue weighted by molar-refractivity contribution is 5.93. The molecule has 1 fully saturated rings. The molecular weight excluding hydrogens is 369 g/mol. The summed E-state index contributed by atoms with van der Waals surface area (Å²) in [6, 6.07) is 12.4. The van der Waals surface area contributed by atoms with E-state index in [4.69, 9.17) is 0 Å². The molecule has 0 atom stereocenters. The van der Waals surface area contributed by atoms with E-state index in [0.29, 0.717) is 25.6 Å². The molecule has 6 heteroatoms. The highest BCUT2D eigenvalue weighted by atomic mass is 19.1. The topological polar surface area (TPSA) is 61.4 Å². The zero-order chi connectivity index (χ0) is 20.8. The van der Waals surface area contributed by atoms with Crippen LogP contribution in [0, 0.1) is 19.7 Å². The summed E-state index contributed by atoms with van der Waals surface area (Å²) in [6.45, 7) is 5.16. The number of nitrogens with zero attached hydrogens (tertiary/aromatic N) is 1. The summed E-state index contributed by atoms with van der Waals surface area (Å²) in [5.74, 6) is -0.425.